The van der Waals surface area contributed by atoms with Crippen molar-refractivity contribution in [2.75, 3.05) is 36.5 Å². The number of thiazole rings is 1. The lowest BCUT2D eigenvalue weighted by Crippen LogP contribution is -2.36. The number of anilines is 2. The fourth-order valence-corrected chi connectivity index (χ4v) is 2.80. The summed E-state index contributed by atoms with van der Waals surface area (Å²) in [6, 6.07) is 0. The number of hydrogen-bond donors (Lipinski definition) is 2. The zero-order valence-electron chi connectivity index (χ0n) is 12.8. The van der Waals surface area contributed by atoms with Gasteiger partial charge in [-0.1, -0.05) is 11.3 Å². The highest BCUT2D eigenvalue weighted by Gasteiger charge is 2.21. The summed E-state index contributed by atoms with van der Waals surface area (Å²) in [6.45, 7) is 10.6. The summed E-state index contributed by atoms with van der Waals surface area (Å²) in [5.74, 6) is 0.178. The maximum absolute atomic E-state index is 12.2. The molecule has 114 valence electrons. The SMILES string of the molecule is CCN(CC)c1nc(N)c(C(=O)NCC(C)(C)SC)s1. The molecule has 1 aromatic rings. The Morgan fingerprint density at radius 3 is 2.55 bits per heavy atom. The number of aromatic nitrogens is 1. The molecule has 0 aromatic carbocycles. The summed E-state index contributed by atoms with van der Waals surface area (Å²) in [5, 5.41) is 3.74. The van der Waals surface area contributed by atoms with E-state index in [-0.39, 0.29) is 10.7 Å². The van der Waals surface area contributed by atoms with E-state index in [0.29, 0.717) is 17.2 Å². The number of nitrogen functional groups attached to an aromatic ring is 1. The van der Waals surface area contributed by atoms with Gasteiger partial charge in [-0.2, -0.15) is 11.8 Å². The van der Waals surface area contributed by atoms with Gasteiger partial charge in [0.15, 0.2) is 5.13 Å². The summed E-state index contributed by atoms with van der Waals surface area (Å²) in [5.41, 5.74) is 5.87. The fourth-order valence-electron chi connectivity index (χ4n) is 1.56. The van der Waals surface area contributed by atoms with Crippen LogP contribution in [-0.4, -0.2) is 41.5 Å². The monoisotopic (exact) mass is 316 g/mol. The van der Waals surface area contributed by atoms with Crippen LogP contribution in [0.4, 0.5) is 10.9 Å². The molecular weight excluding hydrogens is 292 g/mol. The minimum absolute atomic E-state index is 0.0107. The van der Waals surface area contributed by atoms with Crippen molar-refractivity contribution in [1.29, 1.82) is 0 Å². The molecule has 0 bridgehead atoms. The summed E-state index contributed by atoms with van der Waals surface area (Å²) < 4.78 is 0.0107. The third kappa shape index (κ3) is 4.28. The Balaban J connectivity index is 2.79. The van der Waals surface area contributed by atoms with Gasteiger partial charge in [-0.25, -0.2) is 4.98 Å². The molecule has 0 atom stereocenters. The third-order valence-corrected chi connectivity index (χ3v) is 5.49. The molecule has 0 aliphatic rings. The summed E-state index contributed by atoms with van der Waals surface area (Å²) in [6.07, 6.45) is 2.03. The van der Waals surface area contributed by atoms with E-state index in [0.717, 1.165) is 18.2 Å². The van der Waals surface area contributed by atoms with Crippen molar-refractivity contribution in [1.82, 2.24) is 10.3 Å². The number of nitrogens with one attached hydrogen (secondary N) is 1. The molecular formula is C13H24N4OS2. The second-order valence-corrected chi connectivity index (χ2v) is 7.52. The highest BCUT2D eigenvalue weighted by molar-refractivity contribution is 7.99. The van der Waals surface area contributed by atoms with Crippen LogP contribution in [0.3, 0.4) is 0 Å². The minimum atomic E-state index is -0.138. The van der Waals surface area contributed by atoms with E-state index in [1.54, 1.807) is 11.8 Å². The Labute approximate surface area is 129 Å². The smallest absolute Gasteiger partial charge is 0.265 e. The zero-order chi connectivity index (χ0) is 15.3. The maximum atomic E-state index is 12.2. The average molecular weight is 316 g/mol. The molecule has 3 N–H and O–H groups in total. The zero-order valence-corrected chi connectivity index (χ0v) is 14.5. The van der Waals surface area contributed by atoms with E-state index in [2.05, 4.69) is 42.9 Å². The van der Waals surface area contributed by atoms with Crippen LogP contribution in [-0.2, 0) is 0 Å². The molecule has 1 rings (SSSR count). The first-order chi connectivity index (χ1) is 9.34. The van der Waals surface area contributed by atoms with Gasteiger partial charge in [-0.05, 0) is 34.0 Å². The molecule has 1 aromatic heterocycles. The second kappa shape index (κ2) is 7.17. The number of nitrogens with zero attached hydrogens (tertiary/aromatic N) is 2. The first-order valence-electron chi connectivity index (χ1n) is 6.69. The molecule has 7 heteroatoms. The lowest BCUT2D eigenvalue weighted by Gasteiger charge is -2.21. The van der Waals surface area contributed by atoms with E-state index in [1.165, 1.54) is 11.3 Å². The lowest BCUT2D eigenvalue weighted by molar-refractivity contribution is 0.0955. The first kappa shape index (κ1) is 17.1. The number of amides is 1. The molecule has 5 nitrogen and oxygen atoms in total. The number of carbonyl (C=O) groups is 1. The van der Waals surface area contributed by atoms with E-state index < -0.39 is 0 Å². The summed E-state index contributed by atoms with van der Waals surface area (Å²) in [4.78, 5) is 19.1. The van der Waals surface area contributed by atoms with Gasteiger partial charge >= 0.3 is 0 Å². The van der Waals surface area contributed by atoms with Gasteiger partial charge in [-0.15, -0.1) is 0 Å². The second-order valence-electron chi connectivity index (χ2n) is 5.03. The Morgan fingerprint density at radius 2 is 2.05 bits per heavy atom. The summed E-state index contributed by atoms with van der Waals surface area (Å²) in [7, 11) is 0. The lowest BCUT2D eigenvalue weighted by atomic mass is 10.2. The van der Waals surface area contributed by atoms with Crippen LogP contribution in [0.25, 0.3) is 0 Å². The third-order valence-electron chi connectivity index (χ3n) is 3.11. The van der Waals surface area contributed by atoms with Gasteiger partial charge in [0, 0.05) is 24.4 Å². The molecule has 1 heterocycles. The molecule has 0 saturated heterocycles. The van der Waals surface area contributed by atoms with Gasteiger partial charge in [-0.3, -0.25) is 4.79 Å². The summed E-state index contributed by atoms with van der Waals surface area (Å²) >= 11 is 3.07. The quantitative estimate of drug-likeness (QED) is 0.808. The van der Waals surface area contributed by atoms with E-state index >= 15 is 0 Å². The van der Waals surface area contributed by atoms with Gasteiger partial charge < -0.3 is 16.0 Å². The number of hydrogen-bond acceptors (Lipinski definition) is 6. The largest absolute Gasteiger partial charge is 0.382 e. The molecule has 0 radical (unpaired) electrons. The van der Waals surface area contributed by atoms with E-state index in [4.69, 9.17) is 5.73 Å². The fraction of sp³-hybridized carbons (Fsp3) is 0.692. The minimum Gasteiger partial charge on any atom is -0.382 e. The number of nitrogens with two attached hydrogens (primary N) is 1. The first-order valence-corrected chi connectivity index (χ1v) is 8.73. The van der Waals surface area contributed by atoms with Crippen molar-refractivity contribution in [3.05, 3.63) is 4.88 Å². The number of thioether (sulfide) groups is 1. The Kier molecular flexibility index (Phi) is 6.13. The molecule has 0 fully saturated rings. The van der Waals surface area contributed by atoms with Crippen LogP contribution in [0.1, 0.15) is 37.4 Å². The van der Waals surface area contributed by atoms with Gasteiger partial charge in [0.25, 0.3) is 5.91 Å². The molecule has 1 amide bonds. The number of carbonyl (C=O) groups excluding carboxylic acids is 1. The van der Waals surface area contributed by atoms with Gasteiger partial charge in [0.1, 0.15) is 10.7 Å². The van der Waals surface area contributed by atoms with Gasteiger partial charge in [0.05, 0.1) is 0 Å². The highest BCUT2D eigenvalue weighted by Crippen LogP contribution is 2.28. The predicted octanol–water partition coefficient (Wildman–Crippen LogP) is 2.44. The van der Waals surface area contributed by atoms with E-state index in [1.807, 2.05) is 6.26 Å². The maximum Gasteiger partial charge on any atom is 0.265 e. The normalized spacial score (nSPS) is 11.4. The van der Waals surface area contributed by atoms with Crippen molar-refractivity contribution in [2.45, 2.75) is 32.4 Å². The average Bonchev–Trinajstić information content (AvgIpc) is 2.80. The van der Waals surface area contributed by atoms with Crippen molar-refractivity contribution in [2.24, 2.45) is 0 Å². The van der Waals surface area contributed by atoms with Crippen LogP contribution in [0.5, 0.6) is 0 Å². The highest BCUT2D eigenvalue weighted by atomic mass is 32.2. The van der Waals surface area contributed by atoms with Crippen LogP contribution >= 0.6 is 23.1 Å². The van der Waals surface area contributed by atoms with E-state index in [9.17, 15) is 4.79 Å². The topological polar surface area (TPSA) is 71.2 Å². The van der Waals surface area contributed by atoms with Crippen molar-refractivity contribution < 1.29 is 4.79 Å². The Morgan fingerprint density at radius 1 is 1.45 bits per heavy atom. The van der Waals surface area contributed by atoms with Crippen molar-refractivity contribution >= 4 is 40.0 Å². The predicted molar refractivity (Wildman–Crippen MR) is 90.0 cm³/mol. The molecule has 0 aliphatic carbocycles. The van der Waals surface area contributed by atoms with Crippen LogP contribution in [0, 0.1) is 0 Å². The Bertz CT molecular complexity index is 455. The standard InChI is InChI=1S/C13H24N4OS2/c1-6-17(7-2)12-16-10(14)9(20-12)11(18)15-8-13(3,4)19-5/h6-8,14H2,1-5H3,(H,15,18). The molecule has 0 aliphatic heterocycles. The molecule has 0 unspecified atom stereocenters. The number of rotatable bonds is 7. The van der Waals surface area contributed by atoms with Crippen LogP contribution < -0.4 is 16.0 Å². The van der Waals surface area contributed by atoms with Gasteiger partial charge in [0.2, 0.25) is 0 Å². The molecule has 0 saturated carbocycles. The van der Waals surface area contributed by atoms with Crippen LogP contribution in [0.2, 0.25) is 0 Å². The molecule has 20 heavy (non-hydrogen) atoms. The van der Waals surface area contributed by atoms with Crippen molar-refractivity contribution in [3.63, 3.8) is 0 Å². The van der Waals surface area contributed by atoms with Crippen LogP contribution in [0.15, 0.2) is 0 Å². The van der Waals surface area contributed by atoms with Crippen molar-refractivity contribution in [3.8, 4) is 0 Å². The Hall–Kier alpha value is -0.950. The molecule has 0 spiro atoms.